The van der Waals surface area contributed by atoms with Crippen LogP contribution in [0.1, 0.15) is 0 Å². The average Bonchev–Trinajstić information content (AvgIpc) is 2.42. The van der Waals surface area contributed by atoms with Crippen LogP contribution < -0.4 is 10.9 Å². The largest absolute Gasteiger partial charge is 0.399 e. The molecule has 1 aromatic rings. The number of carbonyl (C=O) groups is 1. The van der Waals surface area contributed by atoms with Crippen molar-refractivity contribution in [1.29, 1.82) is 0 Å². The van der Waals surface area contributed by atoms with Crippen LogP contribution in [0.2, 0.25) is 5.02 Å². The highest BCUT2D eigenvalue weighted by molar-refractivity contribution is 6.68. The SMILES string of the molecule is C=C(/C=C(/C(=O)Cl)N(N)c1ncccc1Cl)/C=N/OC. The van der Waals surface area contributed by atoms with E-state index in [1.165, 1.54) is 25.6 Å². The Morgan fingerprint density at radius 1 is 1.65 bits per heavy atom. The molecule has 0 amide bonds. The van der Waals surface area contributed by atoms with E-state index in [-0.39, 0.29) is 16.5 Å². The summed E-state index contributed by atoms with van der Waals surface area (Å²) in [6, 6.07) is 3.22. The van der Waals surface area contributed by atoms with Gasteiger partial charge in [-0.15, -0.1) is 0 Å². The van der Waals surface area contributed by atoms with Gasteiger partial charge in [-0.1, -0.05) is 23.3 Å². The van der Waals surface area contributed by atoms with Crippen molar-refractivity contribution in [2.24, 2.45) is 11.0 Å². The second-order valence-corrected chi connectivity index (χ2v) is 4.22. The fraction of sp³-hybridized carbons (Fsp3) is 0.0833. The topological polar surface area (TPSA) is 80.8 Å². The molecular formula is C12H12Cl2N4O2. The number of hydrogen-bond donors (Lipinski definition) is 1. The van der Waals surface area contributed by atoms with Crippen LogP contribution in [0.25, 0.3) is 0 Å². The highest BCUT2D eigenvalue weighted by Crippen LogP contribution is 2.24. The van der Waals surface area contributed by atoms with Crippen LogP contribution in [-0.4, -0.2) is 23.6 Å². The maximum Gasteiger partial charge on any atom is 0.270 e. The third-order valence-corrected chi connectivity index (χ3v) is 2.56. The van der Waals surface area contributed by atoms with Crippen LogP contribution in [0.5, 0.6) is 0 Å². The van der Waals surface area contributed by atoms with E-state index in [1.807, 2.05) is 0 Å². The average molecular weight is 315 g/mol. The Morgan fingerprint density at radius 3 is 2.90 bits per heavy atom. The monoisotopic (exact) mass is 314 g/mol. The maximum absolute atomic E-state index is 11.5. The first-order chi connectivity index (χ1) is 9.47. The second-order valence-electron chi connectivity index (χ2n) is 3.47. The van der Waals surface area contributed by atoms with Crippen molar-refractivity contribution in [3.63, 3.8) is 0 Å². The number of nitrogens with zero attached hydrogens (tertiary/aromatic N) is 3. The normalized spacial score (nSPS) is 11.5. The molecule has 0 aliphatic rings. The molecular weight excluding hydrogens is 303 g/mol. The molecule has 0 aliphatic carbocycles. The highest BCUT2D eigenvalue weighted by Gasteiger charge is 2.18. The predicted molar refractivity (Wildman–Crippen MR) is 79.5 cm³/mol. The fourth-order valence-electron chi connectivity index (χ4n) is 1.22. The third kappa shape index (κ3) is 4.34. The molecule has 0 saturated heterocycles. The minimum absolute atomic E-state index is 0.0557. The molecule has 0 aliphatic heterocycles. The molecule has 20 heavy (non-hydrogen) atoms. The standard InChI is InChI=1S/C12H12Cl2N4O2/c1-8(7-17-20-2)6-10(11(14)19)18(15)12-9(13)4-3-5-16-12/h3-7H,1,15H2,2H3/b10-6-,17-7+. The number of oxime groups is 1. The quantitative estimate of drug-likeness (QED) is 0.217. The summed E-state index contributed by atoms with van der Waals surface area (Å²) in [5, 5.41) is 3.97. The van der Waals surface area contributed by atoms with E-state index in [1.54, 1.807) is 12.1 Å². The minimum atomic E-state index is -0.791. The summed E-state index contributed by atoms with van der Waals surface area (Å²) < 4.78 is 0. The molecule has 0 atom stereocenters. The van der Waals surface area contributed by atoms with E-state index in [9.17, 15) is 4.79 Å². The van der Waals surface area contributed by atoms with Crippen molar-refractivity contribution in [3.8, 4) is 0 Å². The number of allylic oxidation sites excluding steroid dienone is 3. The van der Waals surface area contributed by atoms with E-state index < -0.39 is 5.24 Å². The van der Waals surface area contributed by atoms with Crippen LogP contribution in [0.15, 0.2) is 47.4 Å². The summed E-state index contributed by atoms with van der Waals surface area (Å²) in [7, 11) is 1.38. The number of carbonyl (C=O) groups excluding carboxylic acids is 1. The fourth-order valence-corrected chi connectivity index (χ4v) is 1.58. The van der Waals surface area contributed by atoms with Crippen molar-refractivity contribution < 1.29 is 9.63 Å². The van der Waals surface area contributed by atoms with Crippen molar-refractivity contribution in [3.05, 3.63) is 47.3 Å². The Bertz CT molecular complexity index is 572. The molecule has 0 aromatic carbocycles. The molecule has 0 radical (unpaired) electrons. The molecule has 106 valence electrons. The Balaban J connectivity index is 3.12. The molecule has 0 bridgehead atoms. The summed E-state index contributed by atoms with van der Waals surface area (Å²) in [6.45, 7) is 3.66. The third-order valence-electron chi connectivity index (χ3n) is 2.07. The Morgan fingerprint density at radius 2 is 2.35 bits per heavy atom. The Hall–Kier alpha value is -1.89. The molecule has 0 unspecified atom stereocenters. The zero-order valence-electron chi connectivity index (χ0n) is 10.6. The lowest BCUT2D eigenvalue weighted by molar-refractivity contribution is -0.108. The molecule has 0 saturated carbocycles. The second kappa shape index (κ2) is 7.64. The van der Waals surface area contributed by atoms with Crippen molar-refractivity contribution >= 4 is 40.5 Å². The Labute approximate surface area is 126 Å². The number of rotatable bonds is 6. The van der Waals surface area contributed by atoms with Crippen molar-refractivity contribution in [1.82, 2.24) is 4.98 Å². The van der Waals surface area contributed by atoms with Gasteiger partial charge in [-0.2, -0.15) is 0 Å². The smallest absolute Gasteiger partial charge is 0.270 e. The molecule has 0 spiro atoms. The van der Waals surface area contributed by atoms with Crippen LogP contribution >= 0.6 is 23.2 Å². The van der Waals surface area contributed by atoms with Gasteiger partial charge in [0.05, 0.1) is 11.2 Å². The number of aromatic nitrogens is 1. The molecule has 8 heteroatoms. The summed E-state index contributed by atoms with van der Waals surface area (Å²) in [6.07, 6.45) is 4.12. The van der Waals surface area contributed by atoms with Gasteiger partial charge in [0, 0.05) is 6.20 Å². The number of anilines is 1. The van der Waals surface area contributed by atoms with Gasteiger partial charge in [-0.3, -0.25) is 9.80 Å². The highest BCUT2D eigenvalue weighted by atomic mass is 35.5. The van der Waals surface area contributed by atoms with Gasteiger partial charge in [-0.25, -0.2) is 10.8 Å². The number of nitrogens with two attached hydrogens (primary N) is 1. The van der Waals surface area contributed by atoms with E-state index in [0.29, 0.717) is 5.57 Å². The first-order valence-electron chi connectivity index (χ1n) is 5.29. The van der Waals surface area contributed by atoms with E-state index in [0.717, 1.165) is 5.01 Å². The van der Waals surface area contributed by atoms with Crippen molar-refractivity contribution in [2.45, 2.75) is 0 Å². The lowest BCUT2D eigenvalue weighted by Gasteiger charge is -2.19. The minimum Gasteiger partial charge on any atom is -0.399 e. The number of pyridine rings is 1. The van der Waals surface area contributed by atoms with Gasteiger partial charge in [-0.05, 0) is 35.4 Å². The zero-order valence-corrected chi connectivity index (χ0v) is 12.1. The zero-order chi connectivity index (χ0) is 15.1. The van der Waals surface area contributed by atoms with Gasteiger partial charge in [0.2, 0.25) is 0 Å². The van der Waals surface area contributed by atoms with Gasteiger partial charge < -0.3 is 4.84 Å². The van der Waals surface area contributed by atoms with Gasteiger partial charge in [0.25, 0.3) is 5.24 Å². The van der Waals surface area contributed by atoms with E-state index in [2.05, 4.69) is 21.6 Å². The van der Waals surface area contributed by atoms with Crippen LogP contribution in [0.3, 0.4) is 0 Å². The number of halogens is 2. The van der Waals surface area contributed by atoms with Crippen molar-refractivity contribution in [2.75, 3.05) is 12.1 Å². The van der Waals surface area contributed by atoms with Gasteiger partial charge in [0.1, 0.15) is 12.8 Å². The first kappa shape index (κ1) is 16.2. The van der Waals surface area contributed by atoms with Crippen LogP contribution in [-0.2, 0) is 9.63 Å². The van der Waals surface area contributed by atoms with Gasteiger partial charge in [0.15, 0.2) is 5.82 Å². The molecule has 6 nitrogen and oxygen atoms in total. The number of hydrogen-bond acceptors (Lipinski definition) is 6. The summed E-state index contributed by atoms with van der Waals surface area (Å²) in [4.78, 5) is 19.9. The molecule has 2 N–H and O–H groups in total. The van der Waals surface area contributed by atoms with Crippen LogP contribution in [0.4, 0.5) is 5.82 Å². The lowest BCUT2D eigenvalue weighted by atomic mass is 10.2. The molecule has 1 rings (SSSR count). The maximum atomic E-state index is 11.5. The van der Waals surface area contributed by atoms with E-state index >= 15 is 0 Å². The predicted octanol–water partition coefficient (Wildman–Crippen LogP) is 2.25. The Kier molecular flexibility index (Phi) is 6.17. The molecule has 1 aromatic heterocycles. The van der Waals surface area contributed by atoms with E-state index in [4.69, 9.17) is 29.0 Å². The molecule has 0 fully saturated rings. The number of hydrazine groups is 1. The summed E-state index contributed by atoms with van der Waals surface area (Å²) in [5.41, 5.74) is 0.304. The summed E-state index contributed by atoms with van der Waals surface area (Å²) in [5.74, 6) is 6.00. The molecule has 1 heterocycles. The summed E-state index contributed by atoms with van der Waals surface area (Å²) >= 11 is 11.5. The van der Waals surface area contributed by atoms with Gasteiger partial charge >= 0.3 is 0 Å². The first-order valence-corrected chi connectivity index (χ1v) is 6.05. The lowest BCUT2D eigenvalue weighted by Crippen LogP contribution is -2.33. The van der Waals surface area contributed by atoms with Crippen LogP contribution in [0, 0.1) is 0 Å².